The predicted molar refractivity (Wildman–Crippen MR) is 334 cm³/mol. The van der Waals surface area contributed by atoms with Crippen molar-refractivity contribution in [1.82, 2.24) is 16.1 Å². The van der Waals surface area contributed by atoms with Crippen LogP contribution in [0.1, 0.15) is 71.2 Å². The molecule has 90 heavy (non-hydrogen) atoms. The first kappa shape index (κ1) is 72.8. The van der Waals surface area contributed by atoms with E-state index in [1.807, 2.05) is 33.3 Å². The van der Waals surface area contributed by atoms with Gasteiger partial charge in [0, 0.05) is 61.4 Å². The summed E-state index contributed by atoms with van der Waals surface area (Å²) in [5, 5.41) is 57.1. The Hall–Kier alpha value is -4.62. The van der Waals surface area contributed by atoms with E-state index in [0.29, 0.717) is 0 Å². The molecule has 0 saturated carbocycles. The first-order valence-corrected chi connectivity index (χ1v) is 34.2. The minimum atomic E-state index is -2.67. The summed E-state index contributed by atoms with van der Waals surface area (Å²) in [5.41, 5.74) is -0.967. The summed E-state index contributed by atoms with van der Waals surface area (Å²) in [6.45, 7) is 14.1. The van der Waals surface area contributed by atoms with E-state index < -0.39 is 133 Å². The van der Waals surface area contributed by atoms with Gasteiger partial charge in [0.25, 0.3) is 5.91 Å². The van der Waals surface area contributed by atoms with E-state index in [2.05, 4.69) is 51.7 Å². The smallest absolute Gasteiger partial charge is 0.411 e. The number of hydroxylamine groups is 1. The second kappa shape index (κ2) is 33.0. The summed E-state index contributed by atoms with van der Waals surface area (Å²) in [4.78, 5) is 62.7. The number of alkyl carbamates (subject to hydrolysis) is 1. The molecule has 4 heterocycles. The molecule has 2 unspecified atom stereocenters. The maximum atomic E-state index is 15.7. The molecule has 8 N–H and O–H groups in total. The highest BCUT2D eigenvalue weighted by molar-refractivity contribution is 9.09. The Morgan fingerprint density at radius 3 is 2.23 bits per heavy atom. The Morgan fingerprint density at radius 2 is 1.58 bits per heavy atom. The van der Waals surface area contributed by atoms with Crippen LogP contribution in [0.3, 0.4) is 0 Å². The van der Waals surface area contributed by atoms with Crippen molar-refractivity contribution in [2.45, 2.75) is 182 Å². The quantitative estimate of drug-likeness (QED) is 0.0131. The summed E-state index contributed by atoms with van der Waals surface area (Å²) in [5.74, 6) is 6.57. The molecule has 1 aromatic rings. The summed E-state index contributed by atoms with van der Waals surface area (Å²) >= 11 is 1.47. The normalized spacial score (nSPS) is 34.7. The van der Waals surface area contributed by atoms with Gasteiger partial charge in [-0.05, 0) is 62.2 Å². The zero-order valence-corrected chi connectivity index (χ0v) is 55.6. The van der Waals surface area contributed by atoms with Gasteiger partial charge in [-0.3, -0.25) is 19.7 Å². The molecule has 498 valence electrons. The van der Waals surface area contributed by atoms with Crippen LogP contribution < -0.4 is 30.9 Å². The highest BCUT2D eigenvalue weighted by Crippen LogP contribution is 2.46. The Morgan fingerprint density at radius 1 is 0.878 bits per heavy atom. The van der Waals surface area contributed by atoms with Crippen LogP contribution in [0.4, 0.5) is 10.5 Å². The lowest BCUT2D eigenvalue weighted by Gasteiger charge is -2.51. The molecule has 0 radical (unpaired) electrons. The Balaban J connectivity index is 1.29. The lowest BCUT2D eigenvalue weighted by molar-refractivity contribution is -0.379. The fraction of sp³-hybridized carbons (Fsp3) is 0.633. The molecule has 0 aromatic heterocycles. The molecule has 4 saturated heterocycles. The number of methoxy groups -OCH3 is 5. The maximum absolute atomic E-state index is 15.7. The molecule has 4 aliphatic heterocycles. The number of esters is 1. The molecule has 26 nitrogen and oxygen atoms in total. The van der Waals surface area contributed by atoms with E-state index in [1.165, 1.54) is 103 Å². The third-order valence-electron chi connectivity index (χ3n) is 15.6. The van der Waals surface area contributed by atoms with E-state index >= 15 is 4.79 Å². The number of hydrogen-bond acceptors (Lipinski definition) is 28. The summed E-state index contributed by atoms with van der Waals surface area (Å²) in [6.07, 6.45) is -10.4. The number of carbonyl (C=O) groups excluding carboxylic acids is 4. The van der Waals surface area contributed by atoms with Crippen LogP contribution in [0, 0.1) is 23.7 Å². The molecule has 1 aromatic carbocycles. The monoisotopic (exact) mass is 1340 g/mol. The zero-order valence-electron chi connectivity index (χ0n) is 52.3. The van der Waals surface area contributed by atoms with Gasteiger partial charge in [0.1, 0.15) is 30.5 Å². The van der Waals surface area contributed by atoms with Crippen molar-refractivity contribution in [2.75, 3.05) is 65.7 Å². The number of nitrogens with one attached hydrogen (secondary N) is 4. The van der Waals surface area contributed by atoms with E-state index in [-0.39, 0.29) is 88.3 Å². The number of amides is 2. The first-order chi connectivity index (χ1) is 42.9. The minimum Gasteiger partial charge on any atom is -0.493 e. The molecule has 7 rings (SSSR count). The largest absolute Gasteiger partial charge is 0.493 e. The van der Waals surface area contributed by atoms with Gasteiger partial charge < -0.3 is 92.6 Å². The van der Waals surface area contributed by atoms with Crippen LogP contribution in [0.25, 0.3) is 0 Å². The number of allylic oxidation sites excluding steroid dienone is 2. The molecule has 19 atom stereocenters. The molecule has 2 bridgehead atoms. The van der Waals surface area contributed by atoms with Gasteiger partial charge in [-0.1, -0.05) is 71.8 Å². The van der Waals surface area contributed by atoms with Crippen LogP contribution in [-0.4, -0.2) is 225 Å². The highest BCUT2D eigenvalue weighted by atomic mass is 33.5. The number of hydrogen-bond donors (Lipinski definition) is 8. The van der Waals surface area contributed by atoms with Crippen LogP contribution in [0.2, 0.25) is 0 Å². The number of fused-ring (bicyclic) bond motifs is 2. The van der Waals surface area contributed by atoms with E-state index in [1.54, 1.807) is 20.1 Å². The van der Waals surface area contributed by atoms with Gasteiger partial charge in [-0.2, -0.15) is 17.2 Å². The van der Waals surface area contributed by atoms with Crippen molar-refractivity contribution in [2.24, 2.45) is 0 Å². The maximum Gasteiger partial charge on any atom is 0.411 e. The third-order valence-corrected chi connectivity index (χ3v) is 20.6. The fourth-order valence-electron chi connectivity index (χ4n) is 11.2. The van der Waals surface area contributed by atoms with Crippen LogP contribution in [0.15, 0.2) is 59.5 Å². The number of Topliss-reactive ketones (excluding diaryl/α,β-unsaturated/α-hetero) is 1. The van der Waals surface area contributed by atoms with Gasteiger partial charge in [0.05, 0.1) is 99.8 Å². The van der Waals surface area contributed by atoms with Crippen molar-refractivity contribution < 1.29 is 106 Å². The summed E-state index contributed by atoms with van der Waals surface area (Å²) in [7, 11) is 10.8. The number of carbonyl (C=O) groups is 4. The number of rotatable bonds is 25. The molecule has 0 spiro atoms. The number of ketones is 1. The predicted octanol–water partition coefficient (Wildman–Crippen LogP) is 3.81. The lowest BCUT2D eigenvalue weighted by atomic mass is 9.73. The Kier molecular flexibility index (Phi) is 26.7. The average molecular weight is 1340 g/mol. The van der Waals surface area contributed by atoms with Gasteiger partial charge in [-0.15, -0.1) is 0 Å². The van der Waals surface area contributed by atoms with E-state index in [4.69, 9.17) is 66.4 Å². The molecule has 6 aliphatic rings. The Bertz CT molecular complexity index is 2940. The van der Waals surface area contributed by atoms with Crippen molar-refractivity contribution in [1.29, 1.82) is 0 Å². The summed E-state index contributed by atoms with van der Waals surface area (Å²) < 4.78 is 78.6. The van der Waals surface area contributed by atoms with Crippen LogP contribution >= 0.6 is 43.2 Å². The van der Waals surface area contributed by atoms with E-state index in [0.717, 1.165) is 7.11 Å². The SMILES string of the molecule is C=C(OC)C(=O)Nc1cc(OC)c(OC)cc1C(=O)O[C@H]1CC(O[C@@H]2C(=O)C(NC(=O)OC)=C3C(=CCSSSC)[C@]2(O)C#CC=CC#C[C@@H]3O[C@]2(C)O[C@@H](C)[C@@H](NOC3C[C@H](O)[C@H](SC)[C@@H](C)O3)[C@H](O)[C@H]2O[C@H]2C[C@H](OC)[C@@H](NC(C)C)CO2)O[C@@H](C)[C@@H]1O. The average Bonchev–Trinajstić information content (AvgIpc) is 0.738. The fourth-order valence-corrected chi connectivity index (χ4v) is 14.5. The zero-order chi connectivity index (χ0) is 65.8. The number of benzene rings is 1. The van der Waals surface area contributed by atoms with Crippen LogP contribution in [-0.2, 0) is 66.5 Å². The van der Waals surface area contributed by atoms with Crippen molar-refractivity contribution in [3.8, 4) is 35.2 Å². The highest BCUT2D eigenvalue weighted by Gasteiger charge is 2.59. The molecule has 4 fully saturated rings. The third kappa shape index (κ3) is 17.2. The molecule has 2 amide bonds. The minimum absolute atomic E-state index is 0.0808. The number of ether oxygens (including phenoxy) is 13. The van der Waals surface area contributed by atoms with Gasteiger partial charge in [-0.25, -0.2) is 9.59 Å². The number of anilines is 1. The molecule has 30 heteroatoms. The standard InChI is InChI=1S/C60H82N4O22S4/c1-29(2)61-37-28-78-44(26-40(37)74-9)82-54-51(67)48(64-86-46-25-38(65)53(87-13)32(5)80-46)30(3)84-59(54,7)85-39-19-17-15-16-18-21-60(72)35(20-22-89-90-88-14)47(39)49(63-58(71)77-12)52(68)55(60)83-45-27-43(50(66)31(4)79-45)81-57(70)34-23-41(75-10)42(76-11)24-36(34)62-56(69)33(6)73-8/h15-16,20,23-24,29-32,37-40,43-46,48,50-51,53-55,61,64-67,72H,6,22,25-28H2,1-5,7-14H3,(H,62,69)(H,63,71)/t30-,31-,32+,37-,38-,39-,40-,43-,44-,45?,46?,48+,50-,51-,53+,54+,55+,59-,60+/m0/s1. The second-order valence-corrected chi connectivity index (χ2v) is 27.4. The van der Waals surface area contributed by atoms with Gasteiger partial charge in [0.2, 0.25) is 5.78 Å². The lowest BCUT2D eigenvalue weighted by Crippen LogP contribution is -2.69. The number of aliphatic hydroxyl groups is 4. The molecule has 2 aliphatic carbocycles. The summed E-state index contributed by atoms with van der Waals surface area (Å²) in [6, 6.07) is 1.35. The van der Waals surface area contributed by atoms with Crippen molar-refractivity contribution in [3.05, 3.63) is 65.1 Å². The van der Waals surface area contributed by atoms with Gasteiger partial charge >= 0.3 is 12.1 Å². The molecular formula is C60H82N4O22S4. The van der Waals surface area contributed by atoms with E-state index in [9.17, 15) is 34.8 Å². The number of aliphatic hydroxyl groups excluding tert-OH is 3. The van der Waals surface area contributed by atoms with Gasteiger partial charge in [0.15, 0.2) is 53.6 Å². The van der Waals surface area contributed by atoms with Crippen molar-refractivity contribution in [3.63, 3.8) is 0 Å². The topological polar surface area (TPSA) is 327 Å². The van der Waals surface area contributed by atoms with Crippen LogP contribution in [0.5, 0.6) is 11.5 Å². The molecular weight excluding hydrogens is 1260 g/mol. The second-order valence-electron chi connectivity index (χ2n) is 22.0. The van der Waals surface area contributed by atoms with Crippen molar-refractivity contribution >= 4 is 72.6 Å². The first-order valence-electron chi connectivity index (χ1n) is 28.8. The number of thioether (sulfide) groups is 1. The Labute approximate surface area is 539 Å².